The predicted molar refractivity (Wildman–Crippen MR) is 96.5 cm³/mol. The Balaban J connectivity index is 1.64. The van der Waals surface area contributed by atoms with E-state index in [1.165, 1.54) is 6.07 Å². The lowest BCUT2D eigenvalue weighted by molar-refractivity contribution is -0.141. The number of pyridine rings is 1. The van der Waals surface area contributed by atoms with Gasteiger partial charge in [0.15, 0.2) is 5.69 Å². The van der Waals surface area contributed by atoms with Crippen molar-refractivity contribution in [2.24, 2.45) is 0 Å². The number of piperidine rings is 1. The smallest absolute Gasteiger partial charge is 0.347 e. The first-order valence-electron chi connectivity index (χ1n) is 8.99. The van der Waals surface area contributed by atoms with Crippen molar-refractivity contribution < 1.29 is 22.8 Å². The molecule has 1 N–H and O–H groups in total. The van der Waals surface area contributed by atoms with Gasteiger partial charge in [-0.25, -0.2) is 0 Å². The molecule has 1 saturated heterocycles. The van der Waals surface area contributed by atoms with E-state index in [1.807, 2.05) is 30.3 Å². The Kier molecular flexibility index (Phi) is 5.96. The van der Waals surface area contributed by atoms with Gasteiger partial charge in [-0.3, -0.25) is 14.6 Å². The number of benzene rings is 1. The minimum Gasteiger partial charge on any atom is -0.347 e. The van der Waals surface area contributed by atoms with E-state index in [2.05, 4.69) is 10.3 Å². The van der Waals surface area contributed by atoms with E-state index in [-0.39, 0.29) is 18.9 Å². The number of rotatable bonds is 4. The van der Waals surface area contributed by atoms with Crippen molar-refractivity contribution in [1.29, 1.82) is 0 Å². The van der Waals surface area contributed by atoms with Crippen LogP contribution >= 0.6 is 0 Å². The summed E-state index contributed by atoms with van der Waals surface area (Å²) in [7, 11) is 0. The molecule has 2 aromatic rings. The second-order valence-corrected chi connectivity index (χ2v) is 6.71. The number of carbonyl (C=O) groups is 2. The van der Waals surface area contributed by atoms with Gasteiger partial charge in [0.1, 0.15) is 0 Å². The Morgan fingerprint density at radius 2 is 1.89 bits per heavy atom. The summed E-state index contributed by atoms with van der Waals surface area (Å²) < 4.78 is 39.2. The van der Waals surface area contributed by atoms with Crippen LogP contribution in [-0.2, 0) is 17.4 Å². The van der Waals surface area contributed by atoms with E-state index in [9.17, 15) is 22.8 Å². The van der Waals surface area contributed by atoms with Gasteiger partial charge < -0.3 is 10.2 Å². The molecular weight excluding hydrogens is 371 g/mol. The van der Waals surface area contributed by atoms with Gasteiger partial charge in [-0.2, -0.15) is 13.2 Å². The molecule has 5 nitrogen and oxygen atoms in total. The normalized spacial score (nSPS) is 17.2. The van der Waals surface area contributed by atoms with E-state index in [1.54, 1.807) is 4.90 Å². The molecule has 28 heavy (non-hydrogen) atoms. The molecule has 0 saturated carbocycles. The first-order chi connectivity index (χ1) is 13.3. The van der Waals surface area contributed by atoms with Gasteiger partial charge in [0, 0.05) is 25.3 Å². The van der Waals surface area contributed by atoms with Crippen molar-refractivity contribution in [3.63, 3.8) is 0 Å². The second-order valence-electron chi connectivity index (χ2n) is 6.71. The van der Waals surface area contributed by atoms with Crippen LogP contribution in [0.5, 0.6) is 0 Å². The standard InChI is InChI=1S/C20H20F3N3O2/c21-20(22,23)18-16(9-4-10-24-18)19(28)25-15-8-5-11-26(13-15)17(27)12-14-6-2-1-3-7-14/h1-4,6-7,9-10,15H,5,8,11-13H2,(H,25,28)/t15-/m1/s1. The van der Waals surface area contributed by atoms with Crippen LogP contribution < -0.4 is 5.32 Å². The highest BCUT2D eigenvalue weighted by Gasteiger charge is 2.37. The van der Waals surface area contributed by atoms with Crippen LogP contribution in [0, 0.1) is 0 Å². The van der Waals surface area contributed by atoms with Crippen LogP contribution in [0.15, 0.2) is 48.7 Å². The molecule has 148 valence electrons. The maximum Gasteiger partial charge on any atom is 0.434 e. The van der Waals surface area contributed by atoms with Gasteiger partial charge in [-0.05, 0) is 30.5 Å². The van der Waals surface area contributed by atoms with Gasteiger partial charge >= 0.3 is 6.18 Å². The van der Waals surface area contributed by atoms with Gasteiger partial charge in [0.2, 0.25) is 5.91 Å². The minimum atomic E-state index is -4.71. The third-order valence-corrected chi connectivity index (χ3v) is 4.63. The number of alkyl halides is 3. The molecule has 1 aromatic heterocycles. The van der Waals surface area contributed by atoms with E-state index in [4.69, 9.17) is 0 Å². The molecule has 3 rings (SSSR count). The maximum atomic E-state index is 13.1. The first kappa shape index (κ1) is 19.9. The summed E-state index contributed by atoms with van der Waals surface area (Å²) in [6.45, 7) is 0.845. The Hall–Kier alpha value is -2.90. The van der Waals surface area contributed by atoms with Gasteiger partial charge in [0.25, 0.3) is 5.91 Å². The van der Waals surface area contributed by atoms with E-state index < -0.39 is 29.4 Å². The predicted octanol–water partition coefficient (Wildman–Crippen LogP) is 3.06. The zero-order valence-corrected chi connectivity index (χ0v) is 15.1. The zero-order chi connectivity index (χ0) is 20.1. The molecule has 0 aliphatic carbocycles. The minimum absolute atomic E-state index is 0.0671. The molecule has 0 unspecified atom stereocenters. The monoisotopic (exact) mass is 391 g/mol. The molecule has 1 aliphatic heterocycles. The maximum absolute atomic E-state index is 13.1. The van der Waals surface area contributed by atoms with Gasteiger partial charge in [-0.1, -0.05) is 30.3 Å². The Morgan fingerprint density at radius 1 is 1.14 bits per heavy atom. The lowest BCUT2D eigenvalue weighted by Crippen LogP contribution is -2.50. The molecule has 2 heterocycles. The number of likely N-dealkylation sites (tertiary alicyclic amines) is 1. The molecule has 2 amide bonds. The van der Waals surface area contributed by atoms with Crippen molar-refractivity contribution >= 4 is 11.8 Å². The summed E-state index contributed by atoms with van der Waals surface area (Å²) in [4.78, 5) is 29.9. The van der Waals surface area contributed by atoms with Crippen LogP contribution in [0.3, 0.4) is 0 Å². The van der Waals surface area contributed by atoms with Crippen LogP contribution in [-0.4, -0.2) is 40.8 Å². The first-order valence-corrected chi connectivity index (χ1v) is 8.99. The van der Waals surface area contributed by atoms with E-state index in [0.29, 0.717) is 19.4 Å². The molecule has 0 bridgehead atoms. The van der Waals surface area contributed by atoms with E-state index in [0.717, 1.165) is 17.8 Å². The number of amides is 2. The van der Waals surface area contributed by atoms with Crippen molar-refractivity contribution in [2.45, 2.75) is 31.5 Å². The average molecular weight is 391 g/mol. The lowest BCUT2D eigenvalue weighted by Gasteiger charge is -2.33. The fraction of sp³-hybridized carbons (Fsp3) is 0.350. The lowest BCUT2D eigenvalue weighted by atomic mass is 10.0. The Bertz CT molecular complexity index is 840. The topological polar surface area (TPSA) is 62.3 Å². The molecule has 1 aliphatic rings. The number of carbonyl (C=O) groups excluding carboxylic acids is 2. The largest absolute Gasteiger partial charge is 0.434 e. The van der Waals surface area contributed by atoms with Crippen molar-refractivity contribution in [3.05, 3.63) is 65.5 Å². The van der Waals surface area contributed by atoms with Gasteiger partial charge in [0.05, 0.1) is 12.0 Å². The summed E-state index contributed by atoms with van der Waals surface area (Å²) in [6.07, 6.45) is -2.18. The van der Waals surface area contributed by atoms with Crippen LogP contribution in [0.1, 0.15) is 34.5 Å². The number of hydrogen-bond acceptors (Lipinski definition) is 3. The Labute approximate surface area is 160 Å². The third kappa shape index (κ3) is 4.88. The number of aromatic nitrogens is 1. The number of nitrogens with one attached hydrogen (secondary N) is 1. The van der Waals surface area contributed by atoms with Crippen molar-refractivity contribution in [1.82, 2.24) is 15.2 Å². The summed E-state index contributed by atoms with van der Waals surface area (Å²) in [6, 6.07) is 11.3. The Morgan fingerprint density at radius 3 is 2.61 bits per heavy atom. The van der Waals surface area contributed by atoms with Gasteiger partial charge in [-0.15, -0.1) is 0 Å². The van der Waals surface area contributed by atoms with E-state index >= 15 is 0 Å². The SMILES string of the molecule is O=C(N[C@@H]1CCCN(C(=O)Cc2ccccc2)C1)c1cccnc1C(F)(F)F. The second kappa shape index (κ2) is 8.41. The fourth-order valence-electron chi connectivity index (χ4n) is 3.28. The number of halogens is 3. The van der Waals surface area contributed by atoms with Crippen LogP contribution in [0.25, 0.3) is 0 Å². The molecule has 0 radical (unpaired) electrons. The molecule has 1 aromatic carbocycles. The van der Waals surface area contributed by atoms with Crippen LogP contribution in [0.2, 0.25) is 0 Å². The van der Waals surface area contributed by atoms with Crippen LogP contribution in [0.4, 0.5) is 13.2 Å². The molecule has 0 spiro atoms. The zero-order valence-electron chi connectivity index (χ0n) is 15.1. The highest BCUT2D eigenvalue weighted by Crippen LogP contribution is 2.30. The van der Waals surface area contributed by atoms with Crippen molar-refractivity contribution in [2.75, 3.05) is 13.1 Å². The highest BCUT2D eigenvalue weighted by atomic mass is 19.4. The molecule has 1 atom stereocenters. The van der Waals surface area contributed by atoms with Crippen molar-refractivity contribution in [3.8, 4) is 0 Å². The summed E-state index contributed by atoms with van der Waals surface area (Å²) >= 11 is 0. The fourth-order valence-corrected chi connectivity index (χ4v) is 3.28. The highest BCUT2D eigenvalue weighted by molar-refractivity contribution is 5.95. The average Bonchev–Trinajstić information content (AvgIpc) is 2.68. The third-order valence-electron chi connectivity index (χ3n) is 4.63. The quantitative estimate of drug-likeness (QED) is 0.871. The molecular formula is C20H20F3N3O2. The number of hydrogen-bond donors (Lipinski definition) is 1. The molecule has 1 fully saturated rings. The summed E-state index contributed by atoms with van der Waals surface area (Å²) in [5.74, 6) is -0.898. The number of nitrogens with zero attached hydrogens (tertiary/aromatic N) is 2. The molecule has 8 heteroatoms. The summed E-state index contributed by atoms with van der Waals surface area (Å²) in [5.41, 5.74) is -0.827. The summed E-state index contributed by atoms with van der Waals surface area (Å²) in [5, 5.41) is 2.62.